The maximum absolute atomic E-state index is 6.27. The summed E-state index contributed by atoms with van der Waals surface area (Å²) in [7, 11) is 0. The van der Waals surface area contributed by atoms with Gasteiger partial charge in [-0.3, -0.25) is 0 Å². The standard InChI is InChI=1S/C67H54N2O/c1-65(2,3)50-27-31-52(32-28-50)67(53-33-29-51(30-34-53)66(4,5)6)58-23-15-13-21-54(58)55-35-25-46(41-59(55)67)60-42-61(69-64(68-60)44-19-11-8-12-20-44)49-38-47(43-17-9-7-10-18-43)37-48(39-49)45-26-36-63-57(40-45)56-22-14-16-24-62(56)70-63/h7-42H,1-6H3. The average Bonchev–Trinajstić information content (AvgIpc) is 3.92. The summed E-state index contributed by atoms with van der Waals surface area (Å²) in [6.07, 6.45) is 0. The van der Waals surface area contributed by atoms with E-state index in [9.17, 15) is 0 Å². The second-order valence-corrected chi connectivity index (χ2v) is 21.0. The maximum atomic E-state index is 6.27. The van der Waals surface area contributed by atoms with E-state index in [1.807, 2.05) is 18.2 Å². The quantitative estimate of drug-likeness (QED) is 0.160. The molecule has 0 amide bonds. The summed E-state index contributed by atoms with van der Waals surface area (Å²) in [5, 5.41) is 2.21. The zero-order chi connectivity index (χ0) is 47.8. The lowest BCUT2D eigenvalue weighted by Crippen LogP contribution is -2.29. The van der Waals surface area contributed by atoms with E-state index in [1.54, 1.807) is 0 Å². The van der Waals surface area contributed by atoms with Crippen molar-refractivity contribution in [2.45, 2.75) is 57.8 Å². The first kappa shape index (κ1) is 43.2. The Hall–Kier alpha value is -8.14. The second-order valence-electron chi connectivity index (χ2n) is 21.0. The monoisotopic (exact) mass is 902 g/mol. The number of furan rings is 1. The lowest BCUT2D eigenvalue weighted by Gasteiger charge is -2.35. The molecule has 0 spiro atoms. The minimum absolute atomic E-state index is 0.0174. The van der Waals surface area contributed by atoms with Gasteiger partial charge in [-0.05, 0) is 126 Å². The summed E-state index contributed by atoms with van der Waals surface area (Å²) < 4.78 is 6.27. The van der Waals surface area contributed by atoms with E-state index in [-0.39, 0.29) is 10.8 Å². The van der Waals surface area contributed by atoms with E-state index < -0.39 is 5.41 Å². The molecule has 1 aliphatic carbocycles. The fraction of sp³-hybridized carbons (Fsp3) is 0.134. The van der Waals surface area contributed by atoms with Crippen LogP contribution < -0.4 is 0 Å². The van der Waals surface area contributed by atoms with Gasteiger partial charge in [0.2, 0.25) is 0 Å². The number of nitrogens with zero attached hydrogens (tertiary/aromatic N) is 2. The third-order valence-electron chi connectivity index (χ3n) is 14.5. The van der Waals surface area contributed by atoms with Crippen molar-refractivity contribution in [3.8, 4) is 67.3 Å². The highest BCUT2D eigenvalue weighted by Crippen LogP contribution is 2.57. The second kappa shape index (κ2) is 16.5. The average molecular weight is 903 g/mol. The van der Waals surface area contributed by atoms with Gasteiger partial charge < -0.3 is 4.42 Å². The first-order valence-electron chi connectivity index (χ1n) is 24.5. The number of rotatable bonds is 7. The Bertz CT molecular complexity index is 3700. The summed E-state index contributed by atoms with van der Waals surface area (Å²) in [5.74, 6) is 0.677. The number of benzene rings is 9. The highest BCUT2D eigenvalue weighted by molar-refractivity contribution is 6.06. The van der Waals surface area contributed by atoms with Gasteiger partial charge in [0.1, 0.15) is 11.2 Å². The van der Waals surface area contributed by atoms with E-state index in [1.165, 1.54) is 44.5 Å². The zero-order valence-electron chi connectivity index (χ0n) is 40.6. The smallest absolute Gasteiger partial charge is 0.160 e. The molecule has 12 rings (SSSR count). The van der Waals surface area contributed by atoms with Crippen molar-refractivity contribution >= 4 is 21.9 Å². The Kier molecular flexibility index (Phi) is 10.2. The number of fused-ring (bicyclic) bond motifs is 6. The van der Waals surface area contributed by atoms with Crippen LogP contribution in [0.25, 0.3) is 89.2 Å². The van der Waals surface area contributed by atoms with Gasteiger partial charge in [0.05, 0.1) is 16.8 Å². The number of hydrogen-bond donors (Lipinski definition) is 0. The van der Waals surface area contributed by atoms with E-state index in [2.05, 4.69) is 242 Å². The van der Waals surface area contributed by atoms with Crippen molar-refractivity contribution in [3.05, 3.63) is 252 Å². The lowest BCUT2D eigenvalue weighted by atomic mass is 9.66. The minimum atomic E-state index is -0.590. The highest BCUT2D eigenvalue weighted by atomic mass is 16.3. The molecule has 0 saturated heterocycles. The third kappa shape index (κ3) is 7.36. The first-order chi connectivity index (χ1) is 33.9. The Morgan fingerprint density at radius 2 is 0.857 bits per heavy atom. The predicted molar refractivity (Wildman–Crippen MR) is 291 cm³/mol. The van der Waals surface area contributed by atoms with Gasteiger partial charge in [-0.1, -0.05) is 211 Å². The van der Waals surface area contributed by atoms with Gasteiger partial charge in [-0.25, -0.2) is 9.97 Å². The zero-order valence-corrected chi connectivity index (χ0v) is 40.6. The Balaban J connectivity index is 1.08. The topological polar surface area (TPSA) is 38.9 Å². The van der Waals surface area contributed by atoms with Gasteiger partial charge in [-0.15, -0.1) is 0 Å². The van der Waals surface area contributed by atoms with E-state index in [0.29, 0.717) is 5.82 Å². The third-order valence-corrected chi connectivity index (χ3v) is 14.5. The molecule has 338 valence electrons. The molecule has 2 aromatic heterocycles. The predicted octanol–water partition coefficient (Wildman–Crippen LogP) is 17.7. The van der Waals surface area contributed by atoms with E-state index in [4.69, 9.17) is 14.4 Å². The molecule has 0 aliphatic heterocycles. The fourth-order valence-corrected chi connectivity index (χ4v) is 10.8. The molecule has 0 unspecified atom stereocenters. The Morgan fingerprint density at radius 3 is 1.51 bits per heavy atom. The van der Waals surface area contributed by atoms with Crippen LogP contribution in [0.1, 0.15) is 74.9 Å². The van der Waals surface area contributed by atoms with Crippen LogP contribution in [0.15, 0.2) is 223 Å². The van der Waals surface area contributed by atoms with Crippen LogP contribution in [-0.2, 0) is 16.2 Å². The molecule has 9 aromatic carbocycles. The minimum Gasteiger partial charge on any atom is -0.456 e. The molecule has 2 heterocycles. The lowest BCUT2D eigenvalue weighted by molar-refractivity contribution is 0.588. The normalized spacial score (nSPS) is 13.1. The fourth-order valence-electron chi connectivity index (χ4n) is 10.8. The molecule has 0 saturated carbocycles. The maximum Gasteiger partial charge on any atom is 0.160 e. The molecule has 1 aliphatic rings. The highest BCUT2D eigenvalue weighted by Gasteiger charge is 2.46. The van der Waals surface area contributed by atoms with Gasteiger partial charge in [-0.2, -0.15) is 0 Å². The molecular formula is C67H54N2O. The number of hydrogen-bond acceptors (Lipinski definition) is 3. The van der Waals surface area contributed by atoms with Gasteiger partial charge in [0, 0.05) is 27.5 Å². The summed E-state index contributed by atoms with van der Waals surface area (Å²) >= 11 is 0. The van der Waals surface area contributed by atoms with Crippen molar-refractivity contribution in [1.82, 2.24) is 9.97 Å². The molecule has 0 atom stereocenters. The molecule has 3 nitrogen and oxygen atoms in total. The van der Waals surface area contributed by atoms with Gasteiger partial charge in [0.25, 0.3) is 0 Å². The van der Waals surface area contributed by atoms with E-state index in [0.717, 1.165) is 72.3 Å². The van der Waals surface area contributed by atoms with Gasteiger partial charge >= 0.3 is 0 Å². The number of aromatic nitrogens is 2. The van der Waals surface area contributed by atoms with Crippen molar-refractivity contribution in [1.29, 1.82) is 0 Å². The molecule has 0 bridgehead atoms. The molecule has 70 heavy (non-hydrogen) atoms. The summed E-state index contributed by atoms with van der Waals surface area (Å²) in [5.41, 5.74) is 20.5. The van der Waals surface area contributed by atoms with Crippen LogP contribution in [-0.4, -0.2) is 9.97 Å². The molecule has 0 N–H and O–H groups in total. The van der Waals surface area contributed by atoms with Crippen LogP contribution in [0.2, 0.25) is 0 Å². The molecule has 0 radical (unpaired) electrons. The van der Waals surface area contributed by atoms with Crippen molar-refractivity contribution in [3.63, 3.8) is 0 Å². The number of para-hydroxylation sites is 1. The van der Waals surface area contributed by atoms with Crippen LogP contribution in [0.4, 0.5) is 0 Å². The molecule has 0 fully saturated rings. The SMILES string of the molecule is CC(C)(C)c1ccc(C2(c3ccc(C(C)(C)C)cc3)c3ccccc3-c3ccc(-c4cc(-c5cc(-c6ccccc6)cc(-c6ccc7oc8ccccc8c7c6)c5)nc(-c5ccccc5)n4)cc32)cc1. The Labute approximate surface area is 411 Å². The Morgan fingerprint density at radius 1 is 0.343 bits per heavy atom. The van der Waals surface area contributed by atoms with Crippen molar-refractivity contribution in [2.75, 3.05) is 0 Å². The van der Waals surface area contributed by atoms with Crippen molar-refractivity contribution in [2.24, 2.45) is 0 Å². The van der Waals surface area contributed by atoms with Crippen LogP contribution >= 0.6 is 0 Å². The van der Waals surface area contributed by atoms with Crippen LogP contribution in [0, 0.1) is 0 Å². The van der Waals surface area contributed by atoms with Crippen LogP contribution in [0.3, 0.4) is 0 Å². The first-order valence-corrected chi connectivity index (χ1v) is 24.5. The summed E-state index contributed by atoms with van der Waals surface area (Å²) in [6, 6.07) is 79.7. The van der Waals surface area contributed by atoms with E-state index >= 15 is 0 Å². The summed E-state index contributed by atoms with van der Waals surface area (Å²) in [6.45, 7) is 13.7. The van der Waals surface area contributed by atoms with Gasteiger partial charge in [0.15, 0.2) is 5.82 Å². The molecular weight excluding hydrogens is 849 g/mol. The molecule has 3 heteroatoms. The molecule has 11 aromatic rings. The van der Waals surface area contributed by atoms with Crippen molar-refractivity contribution < 1.29 is 4.42 Å². The van der Waals surface area contributed by atoms with Crippen LogP contribution in [0.5, 0.6) is 0 Å². The largest absolute Gasteiger partial charge is 0.456 e. The summed E-state index contributed by atoms with van der Waals surface area (Å²) in [4.78, 5) is 10.9.